The van der Waals surface area contributed by atoms with E-state index in [0.29, 0.717) is 12.1 Å². The summed E-state index contributed by atoms with van der Waals surface area (Å²) in [6.45, 7) is 5.63. The topological polar surface area (TPSA) is 140 Å². The number of nitrogens with one attached hydrogen (secondary N) is 3. The van der Waals surface area contributed by atoms with Crippen LogP contribution in [0, 0.1) is 5.92 Å². The fraction of sp³-hybridized carbons (Fsp3) is 0.533. The Labute approximate surface area is 336 Å². The highest BCUT2D eigenvalue weighted by Crippen LogP contribution is 2.58. The summed E-state index contributed by atoms with van der Waals surface area (Å²) in [7, 11) is 5.30. The summed E-state index contributed by atoms with van der Waals surface area (Å²) >= 11 is 0. The number of likely N-dealkylation sites (tertiary alicyclic amines) is 2. The van der Waals surface area contributed by atoms with E-state index in [-0.39, 0.29) is 46.7 Å². The minimum Gasteiger partial charge on any atom is -0.453 e. The molecule has 2 aliphatic heterocycles. The lowest BCUT2D eigenvalue weighted by atomic mass is 9.51. The van der Waals surface area contributed by atoms with Crippen LogP contribution in [0.2, 0.25) is 0 Å². The van der Waals surface area contributed by atoms with E-state index in [1.165, 1.54) is 18.4 Å². The van der Waals surface area contributed by atoms with Crippen LogP contribution in [-0.2, 0) is 25.2 Å². The van der Waals surface area contributed by atoms with Gasteiger partial charge in [0.25, 0.3) is 5.91 Å². The van der Waals surface area contributed by atoms with Crippen molar-refractivity contribution in [2.24, 2.45) is 5.92 Å². The van der Waals surface area contributed by atoms with Crippen molar-refractivity contribution in [1.82, 2.24) is 40.0 Å². The van der Waals surface area contributed by atoms with Crippen molar-refractivity contribution < 1.29 is 19.1 Å². The number of likely N-dealkylation sites (N-methyl/N-ethyl adjacent to an activating group) is 1. The molecule has 4 aromatic rings. The van der Waals surface area contributed by atoms with Crippen molar-refractivity contribution in [3.05, 3.63) is 95.5 Å². The van der Waals surface area contributed by atoms with Gasteiger partial charge in [0.15, 0.2) is 0 Å². The van der Waals surface area contributed by atoms with E-state index < -0.39 is 12.1 Å². The lowest BCUT2D eigenvalue weighted by molar-refractivity contribution is -0.138. The molecule has 4 heterocycles. The van der Waals surface area contributed by atoms with Crippen LogP contribution >= 0.6 is 0 Å². The van der Waals surface area contributed by atoms with E-state index >= 15 is 0 Å². The number of benzene rings is 2. The first-order valence-corrected chi connectivity index (χ1v) is 20.9. The monoisotopic (exact) mass is 774 g/mol. The summed E-state index contributed by atoms with van der Waals surface area (Å²) in [6, 6.07) is 17.1. The first-order chi connectivity index (χ1) is 27.5. The number of methoxy groups -OCH3 is 1. The van der Waals surface area contributed by atoms with E-state index in [0.717, 1.165) is 93.7 Å². The molecule has 5 fully saturated rings. The van der Waals surface area contributed by atoms with E-state index in [1.807, 2.05) is 55.5 Å². The first kappa shape index (κ1) is 38.9. The number of carbonyl (C=O) groups is 3. The molecule has 0 spiro atoms. The Morgan fingerprint density at radius 1 is 0.789 bits per heavy atom. The van der Waals surface area contributed by atoms with Crippen LogP contribution in [0.1, 0.15) is 125 Å². The zero-order valence-electron chi connectivity index (χ0n) is 34.1. The number of imidazole rings is 2. The molecule has 12 heteroatoms. The second-order valence-electron chi connectivity index (χ2n) is 17.5. The van der Waals surface area contributed by atoms with Crippen LogP contribution in [0.4, 0.5) is 4.79 Å². The molecule has 9 rings (SSSR count). The molecular weight excluding hydrogens is 717 g/mol. The number of H-pyrrole nitrogens is 2. The number of hydrogen-bond acceptors (Lipinski definition) is 7. The second-order valence-corrected chi connectivity index (χ2v) is 17.5. The molecular formula is C45H58N8O4. The van der Waals surface area contributed by atoms with Gasteiger partial charge in [-0.05, 0) is 106 Å². The van der Waals surface area contributed by atoms with Crippen LogP contribution in [0.25, 0.3) is 11.3 Å². The number of carbonyl (C=O) groups excluding carboxylic acids is 3. The third-order valence-electron chi connectivity index (χ3n) is 13.8. The van der Waals surface area contributed by atoms with Gasteiger partial charge in [0.2, 0.25) is 5.91 Å². The molecule has 2 aromatic carbocycles. The highest BCUT2D eigenvalue weighted by molar-refractivity contribution is 5.87. The van der Waals surface area contributed by atoms with E-state index in [1.54, 1.807) is 0 Å². The summed E-state index contributed by atoms with van der Waals surface area (Å²) in [5, 5.41) is 2.74. The molecule has 3 aliphatic carbocycles. The maximum atomic E-state index is 14.0. The lowest BCUT2D eigenvalue weighted by Gasteiger charge is -2.53. The van der Waals surface area contributed by atoms with Crippen molar-refractivity contribution in [2.45, 2.75) is 113 Å². The number of aromatic amines is 2. The maximum Gasteiger partial charge on any atom is 0.407 e. The minimum atomic E-state index is -0.854. The first-order valence-electron chi connectivity index (χ1n) is 20.9. The predicted molar refractivity (Wildman–Crippen MR) is 218 cm³/mol. The SMILES string of the molecule is COC(=O)NC(C(=O)N1CCCC1c1ncc(-c2ccc(C34CCC(c5cnc(C6CCCN6C(=O)C(C(C)C)N(C)C)[nH]5)(CC3)CC4)cc2)[nH]1)c1ccccc1. The van der Waals surface area contributed by atoms with Gasteiger partial charge in [-0.25, -0.2) is 14.8 Å². The van der Waals surface area contributed by atoms with Crippen molar-refractivity contribution in [1.29, 1.82) is 0 Å². The van der Waals surface area contributed by atoms with Gasteiger partial charge >= 0.3 is 6.09 Å². The fourth-order valence-electron chi connectivity index (χ4n) is 10.6. The summed E-state index contributed by atoms with van der Waals surface area (Å²) < 4.78 is 4.85. The number of amides is 3. The van der Waals surface area contributed by atoms with Crippen molar-refractivity contribution in [3.63, 3.8) is 0 Å². The normalized spacial score (nSPS) is 25.6. The third kappa shape index (κ3) is 7.26. The van der Waals surface area contributed by atoms with Crippen LogP contribution in [-0.4, -0.2) is 92.9 Å². The standard InChI is InChI=1S/C45H58N8O4/c1-29(2)38(51(3)4)42(55)53-26-10-14-35(53)40-47-28-36(49-40)45-22-19-44(20-23-45,21-24-45)32-17-15-30(16-18-32)33-27-46-39(48-33)34-13-9-25-52(34)41(54)37(50-43(56)57-5)31-11-7-6-8-12-31/h6-8,11-12,15-18,27-29,34-35,37-38H,9-10,13-14,19-26H2,1-5H3,(H,46,48)(H,47,49)(H,50,56). The number of nitrogens with zero attached hydrogens (tertiary/aromatic N) is 5. The van der Waals surface area contributed by atoms with E-state index in [2.05, 4.69) is 69.4 Å². The van der Waals surface area contributed by atoms with Crippen molar-refractivity contribution in [2.75, 3.05) is 34.3 Å². The van der Waals surface area contributed by atoms with Crippen LogP contribution in [0.3, 0.4) is 0 Å². The van der Waals surface area contributed by atoms with E-state index in [9.17, 15) is 14.4 Å². The average molecular weight is 775 g/mol. The summed E-state index contributed by atoms with van der Waals surface area (Å²) in [5.41, 5.74) is 5.64. The molecule has 3 amide bonds. The Bertz CT molecular complexity index is 2020. The maximum absolute atomic E-state index is 14.0. The smallest absolute Gasteiger partial charge is 0.407 e. The Kier molecular flexibility index (Phi) is 10.7. The van der Waals surface area contributed by atoms with E-state index in [4.69, 9.17) is 14.7 Å². The molecule has 2 saturated heterocycles. The van der Waals surface area contributed by atoms with Gasteiger partial charge in [-0.2, -0.15) is 0 Å². The lowest BCUT2D eigenvalue weighted by Crippen LogP contribution is -2.48. The summed E-state index contributed by atoms with van der Waals surface area (Å²) in [5.74, 6) is 1.97. The molecule has 2 aromatic heterocycles. The molecule has 57 heavy (non-hydrogen) atoms. The number of fused-ring (bicyclic) bond motifs is 3. The van der Waals surface area contributed by atoms with Gasteiger partial charge in [-0.3, -0.25) is 14.5 Å². The van der Waals surface area contributed by atoms with Gasteiger partial charge in [0.05, 0.1) is 37.1 Å². The number of rotatable bonds is 11. The molecule has 2 bridgehead atoms. The second kappa shape index (κ2) is 15.8. The quantitative estimate of drug-likeness (QED) is 0.145. The molecule has 3 N–H and O–H groups in total. The molecule has 12 nitrogen and oxygen atoms in total. The van der Waals surface area contributed by atoms with Crippen molar-refractivity contribution in [3.8, 4) is 11.3 Å². The highest BCUT2D eigenvalue weighted by Gasteiger charge is 2.51. The molecule has 4 unspecified atom stereocenters. The summed E-state index contributed by atoms with van der Waals surface area (Å²) in [6.07, 6.45) is 13.7. The Morgan fingerprint density at radius 3 is 1.96 bits per heavy atom. The highest BCUT2D eigenvalue weighted by atomic mass is 16.5. The predicted octanol–water partition coefficient (Wildman–Crippen LogP) is 7.35. The van der Waals surface area contributed by atoms with Gasteiger partial charge in [0.1, 0.15) is 17.7 Å². The molecule has 0 radical (unpaired) electrons. The van der Waals surface area contributed by atoms with Crippen molar-refractivity contribution >= 4 is 17.9 Å². The summed E-state index contributed by atoms with van der Waals surface area (Å²) in [4.78, 5) is 62.9. The zero-order valence-corrected chi connectivity index (χ0v) is 34.1. The molecule has 4 atom stereocenters. The van der Waals surface area contributed by atoms with Gasteiger partial charge in [0, 0.05) is 30.4 Å². The van der Waals surface area contributed by atoms with Gasteiger partial charge < -0.3 is 29.8 Å². The fourth-order valence-corrected chi connectivity index (χ4v) is 10.6. The third-order valence-corrected chi connectivity index (χ3v) is 13.8. The number of alkyl carbamates (subject to hydrolysis) is 1. The van der Waals surface area contributed by atoms with Crippen LogP contribution < -0.4 is 5.32 Å². The molecule has 5 aliphatic rings. The Morgan fingerprint density at radius 2 is 1.37 bits per heavy atom. The molecule has 3 saturated carbocycles. The van der Waals surface area contributed by atoms with Crippen LogP contribution in [0.15, 0.2) is 67.0 Å². The van der Waals surface area contributed by atoms with Crippen LogP contribution in [0.5, 0.6) is 0 Å². The van der Waals surface area contributed by atoms with Gasteiger partial charge in [-0.1, -0.05) is 68.4 Å². The number of aromatic nitrogens is 4. The Hall–Kier alpha value is -4.97. The largest absolute Gasteiger partial charge is 0.453 e. The number of ether oxygens (including phenoxy) is 1. The minimum absolute atomic E-state index is 0.0153. The number of hydrogen-bond donors (Lipinski definition) is 3. The molecule has 302 valence electrons. The zero-order chi connectivity index (χ0) is 39.9. The van der Waals surface area contributed by atoms with Gasteiger partial charge in [-0.15, -0.1) is 0 Å². The average Bonchev–Trinajstić information content (AvgIpc) is 4.07. The Balaban J connectivity index is 0.924.